The van der Waals surface area contributed by atoms with Gasteiger partial charge in [-0.25, -0.2) is 23.2 Å². The Balaban J connectivity index is 1.49. The molecule has 9 nitrogen and oxygen atoms in total. The Hall–Kier alpha value is -2.21. The second-order valence-electron chi connectivity index (χ2n) is 10.0. The van der Waals surface area contributed by atoms with Gasteiger partial charge in [0.1, 0.15) is 0 Å². The number of halogens is 1. The van der Waals surface area contributed by atoms with E-state index in [0.717, 1.165) is 17.6 Å². The van der Waals surface area contributed by atoms with Gasteiger partial charge in [-0.2, -0.15) is 4.31 Å². The predicted octanol–water partition coefficient (Wildman–Crippen LogP) is 3.71. The van der Waals surface area contributed by atoms with Gasteiger partial charge in [-0.3, -0.25) is 13.5 Å². The topological polar surface area (TPSA) is 94.5 Å². The minimum atomic E-state index is -3.84. The summed E-state index contributed by atoms with van der Waals surface area (Å²) in [5.74, 6) is -0.0846. The maximum Gasteiger partial charge on any atom is 0.330 e. The van der Waals surface area contributed by atoms with Gasteiger partial charge in [-0.05, 0) is 30.4 Å². The van der Waals surface area contributed by atoms with Crippen LogP contribution in [-0.4, -0.2) is 49.3 Å². The van der Waals surface area contributed by atoms with Crippen molar-refractivity contribution in [3.63, 3.8) is 0 Å². The molecule has 1 unspecified atom stereocenters. The van der Waals surface area contributed by atoms with Crippen LogP contribution >= 0.6 is 22.9 Å². The summed E-state index contributed by atoms with van der Waals surface area (Å²) in [6, 6.07) is 3.85. The van der Waals surface area contributed by atoms with Gasteiger partial charge >= 0.3 is 5.69 Å². The molecule has 0 aromatic carbocycles. The van der Waals surface area contributed by atoms with Crippen molar-refractivity contribution >= 4 is 49.1 Å². The number of piperidine rings is 1. The first-order chi connectivity index (χ1) is 16.0. The Morgan fingerprint density at radius 3 is 2.74 bits per heavy atom. The molecule has 0 aliphatic carbocycles. The van der Waals surface area contributed by atoms with Crippen LogP contribution in [0.2, 0.25) is 5.15 Å². The third kappa shape index (κ3) is 3.88. The van der Waals surface area contributed by atoms with E-state index in [1.54, 1.807) is 27.8 Å². The number of thiazole rings is 1. The molecule has 34 heavy (non-hydrogen) atoms. The Bertz CT molecular complexity index is 1560. The second-order valence-corrected chi connectivity index (χ2v) is 13.1. The highest BCUT2D eigenvalue weighted by molar-refractivity contribution is 7.89. The molecule has 0 amide bonds. The lowest BCUT2D eigenvalue weighted by molar-refractivity contribution is 0.312. The van der Waals surface area contributed by atoms with Crippen LogP contribution in [0, 0.1) is 5.41 Å². The van der Waals surface area contributed by atoms with Crippen LogP contribution in [0.4, 0.5) is 0 Å². The zero-order valence-electron chi connectivity index (χ0n) is 19.5. The first kappa shape index (κ1) is 23.5. The molecule has 1 aliphatic rings. The van der Waals surface area contributed by atoms with Crippen LogP contribution in [-0.2, 0) is 23.6 Å². The number of rotatable bonds is 4. The molecule has 0 saturated carbocycles. The minimum Gasteiger partial charge on any atom is -0.290 e. The summed E-state index contributed by atoms with van der Waals surface area (Å²) >= 11 is 7.57. The second kappa shape index (κ2) is 8.18. The SMILES string of the molecule is Cn1c(=O)n(CC(C)(C)C)c2ccc(C3CCCN(S(=O)(=O)c4c(Cl)nc5sccn45)C3)nc21. The summed E-state index contributed by atoms with van der Waals surface area (Å²) < 4.78 is 33.4. The lowest BCUT2D eigenvalue weighted by atomic mass is 9.95. The Kier molecular flexibility index (Phi) is 5.66. The van der Waals surface area contributed by atoms with Crippen molar-refractivity contribution in [2.24, 2.45) is 12.5 Å². The van der Waals surface area contributed by atoms with E-state index in [1.165, 1.54) is 20.0 Å². The van der Waals surface area contributed by atoms with Gasteiger partial charge in [-0.15, -0.1) is 11.3 Å². The largest absolute Gasteiger partial charge is 0.330 e. The van der Waals surface area contributed by atoms with Crippen molar-refractivity contribution in [1.82, 2.24) is 27.8 Å². The van der Waals surface area contributed by atoms with E-state index in [1.807, 2.05) is 12.1 Å². The maximum absolute atomic E-state index is 13.5. The molecule has 0 spiro atoms. The van der Waals surface area contributed by atoms with E-state index in [2.05, 4.69) is 25.8 Å². The van der Waals surface area contributed by atoms with E-state index >= 15 is 0 Å². The number of aryl methyl sites for hydroxylation is 1. The molecule has 0 bridgehead atoms. The molecule has 5 rings (SSSR count). The van der Waals surface area contributed by atoms with Gasteiger partial charge in [0, 0.05) is 49.9 Å². The smallest absolute Gasteiger partial charge is 0.290 e. The van der Waals surface area contributed by atoms with Crippen molar-refractivity contribution in [2.75, 3.05) is 13.1 Å². The Morgan fingerprint density at radius 1 is 1.24 bits per heavy atom. The number of aromatic nitrogens is 5. The number of sulfonamides is 1. The summed E-state index contributed by atoms with van der Waals surface area (Å²) in [5, 5.41) is 1.78. The molecule has 1 fully saturated rings. The van der Waals surface area contributed by atoms with Crippen LogP contribution in [0.1, 0.15) is 45.2 Å². The van der Waals surface area contributed by atoms with Crippen molar-refractivity contribution in [1.29, 1.82) is 0 Å². The Morgan fingerprint density at radius 2 is 2.00 bits per heavy atom. The molecular weight excluding hydrogens is 496 g/mol. The standard InChI is InChI=1S/C22H27ClN6O3S2/c1-22(2,3)13-29-16-8-7-15(24-18(16)26(4)21(29)30)14-6-5-9-27(12-14)34(31,32)19-17(23)25-20-28(19)10-11-33-20/h7-8,10-11,14H,5-6,9,12-13H2,1-4H3. The minimum absolute atomic E-state index is 0.0103. The van der Waals surface area contributed by atoms with Crippen LogP contribution in [0.3, 0.4) is 0 Å². The van der Waals surface area contributed by atoms with E-state index in [-0.39, 0.29) is 27.2 Å². The number of nitrogens with zero attached hydrogens (tertiary/aromatic N) is 6. The van der Waals surface area contributed by atoms with E-state index in [9.17, 15) is 13.2 Å². The number of pyridine rings is 1. The molecule has 182 valence electrons. The number of fused-ring (bicyclic) bond motifs is 2. The highest BCUT2D eigenvalue weighted by Gasteiger charge is 2.36. The van der Waals surface area contributed by atoms with Crippen molar-refractivity contribution in [3.05, 3.63) is 45.0 Å². The van der Waals surface area contributed by atoms with Crippen LogP contribution in [0.15, 0.2) is 33.5 Å². The summed E-state index contributed by atoms with van der Waals surface area (Å²) in [4.78, 5) is 22.4. The molecule has 12 heteroatoms. The molecule has 4 aromatic heterocycles. The van der Waals surface area contributed by atoms with Gasteiger partial charge < -0.3 is 0 Å². The van der Waals surface area contributed by atoms with E-state index < -0.39 is 10.0 Å². The summed E-state index contributed by atoms with van der Waals surface area (Å²) in [6.45, 7) is 7.57. The fourth-order valence-corrected chi connectivity index (χ4v) is 7.57. The lowest BCUT2D eigenvalue weighted by Gasteiger charge is -2.31. The lowest BCUT2D eigenvalue weighted by Crippen LogP contribution is -2.39. The predicted molar refractivity (Wildman–Crippen MR) is 133 cm³/mol. The zero-order chi connectivity index (χ0) is 24.4. The molecular formula is C22H27ClN6O3S2. The fourth-order valence-electron chi connectivity index (χ4n) is 4.64. The third-order valence-electron chi connectivity index (χ3n) is 6.20. The van der Waals surface area contributed by atoms with Crippen molar-refractivity contribution < 1.29 is 8.42 Å². The van der Waals surface area contributed by atoms with E-state index in [0.29, 0.717) is 36.7 Å². The fraction of sp³-hybridized carbons (Fsp3) is 0.500. The van der Waals surface area contributed by atoms with Gasteiger partial charge in [0.2, 0.25) is 0 Å². The Labute approximate surface area is 206 Å². The van der Waals surface area contributed by atoms with Crippen molar-refractivity contribution in [2.45, 2.75) is 51.1 Å². The summed E-state index contributed by atoms with van der Waals surface area (Å²) in [5.41, 5.74) is 2.04. The molecule has 5 heterocycles. The number of imidazole rings is 2. The van der Waals surface area contributed by atoms with E-state index in [4.69, 9.17) is 16.6 Å². The van der Waals surface area contributed by atoms with Crippen LogP contribution < -0.4 is 5.69 Å². The van der Waals surface area contributed by atoms with Crippen LogP contribution in [0.25, 0.3) is 16.1 Å². The first-order valence-corrected chi connectivity index (χ1v) is 13.8. The number of hydrogen-bond acceptors (Lipinski definition) is 6. The van der Waals surface area contributed by atoms with Gasteiger partial charge in [0.15, 0.2) is 20.8 Å². The molecule has 0 radical (unpaired) electrons. The highest BCUT2D eigenvalue weighted by atomic mass is 35.5. The quantitative estimate of drug-likeness (QED) is 0.407. The third-order valence-corrected chi connectivity index (χ3v) is 9.22. The molecule has 1 atom stereocenters. The van der Waals surface area contributed by atoms with Gasteiger partial charge in [-0.1, -0.05) is 32.4 Å². The average Bonchev–Trinajstić information content (AvgIpc) is 3.41. The molecule has 1 aliphatic heterocycles. The average molecular weight is 523 g/mol. The summed E-state index contributed by atoms with van der Waals surface area (Å²) in [7, 11) is -2.11. The highest BCUT2D eigenvalue weighted by Crippen LogP contribution is 2.33. The molecule has 0 N–H and O–H groups in total. The number of hydrogen-bond donors (Lipinski definition) is 0. The van der Waals surface area contributed by atoms with Crippen molar-refractivity contribution in [3.8, 4) is 0 Å². The summed E-state index contributed by atoms with van der Waals surface area (Å²) in [6.07, 6.45) is 3.19. The molecule has 1 saturated heterocycles. The van der Waals surface area contributed by atoms with Gasteiger partial charge in [0.25, 0.3) is 10.0 Å². The van der Waals surface area contributed by atoms with Gasteiger partial charge in [0.05, 0.1) is 5.52 Å². The maximum atomic E-state index is 13.5. The van der Waals surface area contributed by atoms with Crippen LogP contribution in [0.5, 0.6) is 0 Å². The monoisotopic (exact) mass is 522 g/mol. The zero-order valence-corrected chi connectivity index (χ0v) is 21.9. The normalized spacial score (nSPS) is 18.3. The molecule has 4 aromatic rings. The first-order valence-electron chi connectivity index (χ1n) is 11.1.